The van der Waals surface area contributed by atoms with Crippen molar-refractivity contribution in [1.82, 2.24) is 0 Å². The average Bonchev–Trinajstić information content (AvgIpc) is 2.65. The smallest absolute Gasteiger partial charge is 0.360 e. The molecule has 0 spiro atoms. The van der Waals surface area contributed by atoms with Crippen LogP contribution >= 0.6 is 0 Å². The molecule has 8 nitrogen and oxygen atoms in total. The van der Waals surface area contributed by atoms with E-state index in [-0.39, 0.29) is 40.7 Å². The van der Waals surface area contributed by atoms with Gasteiger partial charge < -0.3 is 20.1 Å². The molecule has 0 saturated carbocycles. The Morgan fingerprint density at radius 2 is 1.26 bits per heavy atom. The normalized spacial score (nSPS) is 13.4. The van der Waals surface area contributed by atoms with Gasteiger partial charge in [-0.3, -0.25) is 4.79 Å². The minimum absolute atomic E-state index is 0. The van der Waals surface area contributed by atoms with Crippen LogP contribution < -0.4 is 0 Å². The van der Waals surface area contributed by atoms with Gasteiger partial charge >= 0.3 is 23.5 Å². The molecule has 0 saturated heterocycles. The fraction of sp³-hybridized carbons (Fsp3) is 0.111. The molecule has 3 N–H and O–H groups in total. The number of hydrogen-bond acceptors (Lipinski definition) is 6. The van der Waals surface area contributed by atoms with Gasteiger partial charge in [-0.2, -0.15) is 0 Å². The van der Waals surface area contributed by atoms with E-state index in [1.165, 1.54) is 48.5 Å². The van der Waals surface area contributed by atoms with Crippen LogP contribution in [0.3, 0.4) is 0 Å². The van der Waals surface area contributed by atoms with E-state index in [1.54, 1.807) is 12.1 Å². The maximum atomic E-state index is 12.7. The van der Waals surface area contributed by atoms with E-state index in [0.717, 1.165) is 0 Å². The topological polar surface area (TPSA) is 138 Å². The van der Waals surface area contributed by atoms with Crippen molar-refractivity contribution in [2.75, 3.05) is 0 Å². The van der Waals surface area contributed by atoms with Gasteiger partial charge in [0.15, 0.2) is 0 Å². The number of carbonyl (C=O) groups is 4. The molecule has 0 aliphatic rings. The van der Waals surface area contributed by atoms with Crippen molar-refractivity contribution in [2.45, 2.75) is 11.7 Å². The second-order valence-electron chi connectivity index (χ2n) is 5.23. The number of Topliss-reactive ketones (excluding diaryl/α,β-unsaturated/α-hetero) is 1. The van der Waals surface area contributed by atoms with Gasteiger partial charge in [0.1, 0.15) is 0 Å². The van der Waals surface area contributed by atoms with E-state index in [2.05, 4.69) is 0 Å². The number of aliphatic carboxylic acids is 2. The standard InChI is InChI=1S/C18H14O8.Na/c19-13(11-7-3-1-4-8-11)18(17(24)25,14(20)15(21)22)26-16(23)12-9-5-2-6-10-12;/h1-10,14,20H,(H,21,22)(H,24,25);/t14-,18+;/m1./s1. The molecule has 135 valence electrons. The van der Waals surface area contributed by atoms with Crippen molar-refractivity contribution in [3.05, 3.63) is 71.8 Å². The number of ether oxygens (including phenoxy) is 1. The van der Waals surface area contributed by atoms with Gasteiger partial charge in [-0.05, 0) is 12.1 Å². The van der Waals surface area contributed by atoms with E-state index < -0.39 is 35.4 Å². The maximum Gasteiger partial charge on any atom is 0.360 e. The number of benzene rings is 2. The number of esters is 1. The zero-order chi connectivity index (χ0) is 19.3. The second kappa shape index (κ2) is 9.43. The van der Waals surface area contributed by atoms with Crippen LogP contribution in [0.5, 0.6) is 0 Å². The molecule has 0 fully saturated rings. The molecule has 0 amide bonds. The Bertz CT molecular complexity index is 837. The minimum Gasteiger partial charge on any atom is -0.479 e. The predicted molar refractivity (Wildman–Crippen MR) is 92.4 cm³/mol. The van der Waals surface area contributed by atoms with Gasteiger partial charge in [-0.1, -0.05) is 48.5 Å². The SMILES string of the molecule is O=C(O[C@@](C(=O)O)(C(=O)c1ccccc1)[C@H](O)C(=O)O)c1ccccc1.[Na]. The molecule has 2 aromatic rings. The number of aliphatic hydroxyl groups is 1. The number of carboxylic acids is 2. The summed E-state index contributed by atoms with van der Waals surface area (Å²) < 4.78 is 4.81. The molecule has 0 aliphatic carbocycles. The van der Waals surface area contributed by atoms with Gasteiger partial charge in [0.05, 0.1) is 5.56 Å². The first-order valence-electron chi connectivity index (χ1n) is 7.33. The second-order valence-corrected chi connectivity index (χ2v) is 5.23. The monoisotopic (exact) mass is 381 g/mol. The molecule has 1 radical (unpaired) electrons. The third kappa shape index (κ3) is 4.61. The molecule has 27 heavy (non-hydrogen) atoms. The summed E-state index contributed by atoms with van der Waals surface area (Å²) in [5.74, 6) is -6.77. The predicted octanol–water partition coefficient (Wildman–Crippen LogP) is 0.614. The summed E-state index contributed by atoms with van der Waals surface area (Å²) in [5, 5.41) is 28.6. The zero-order valence-corrected chi connectivity index (χ0v) is 16.2. The van der Waals surface area contributed by atoms with Gasteiger partial charge in [0.25, 0.3) is 0 Å². The molecule has 0 bridgehead atoms. The van der Waals surface area contributed by atoms with Crippen LogP contribution in [0.1, 0.15) is 20.7 Å². The number of hydrogen-bond donors (Lipinski definition) is 3. The number of ketones is 1. The summed E-state index contributed by atoms with van der Waals surface area (Å²) in [6.45, 7) is 0. The molecule has 2 aromatic carbocycles. The number of carbonyl (C=O) groups excluding carboxylic acids is 2. The van der Waals surface area contributed by atoms with Crippen LogP contribution in [-0.4, -0.2) is 80.3 Å². The van der Waals surface area contributed by atoms with Crippen molar-refractivity contribution >= 4 is 53.2 Å². The van der Waals surface area contributed by atoms with Crippen LogP contribution in [0.4, 0.5) is 0 Å². The molecule has 0 aromatic heterocycles. The molecule has 2 rings (SSSR count). The Morgan fingerprint density at radius 3 is 1.67 bits per heavy atom. The fourth-order valence-corrected chi connectivity index (χ4v) is 2.24. The molecule has 2 atom stereocenters. The Labute approximate surface area is 175 Å². The Morgan fingerprint density at radius 1 is 0.815 bits per heavy atom. The summed E-state index contributed by atoms with van der Waals surface area (Å²) >= 11 is 0. The van der Waals surface area contributed by atoms with Gasteiger partial charge in [0, 0.05) is 35.1 Å². The Balaban J connectivity index is 0.00000364. The van der Waals surface area contributed by atoms with Crippen LogP contribution in [0, 0.1) is 0 Å². The van der Waals surface area contributed by atoms with Crippen molar-refractivity contribution in [3.63, 3.8) is 0 Å². The molecule has 0 heterocycles. The fourth-order valence-electron chi connectivity index (χ4n) is 2.24. The summed E-state index contributed by atoms with van der Waals surface area (Å²) in [7, 11) is 0. The van der Waals surface area contributed by atoms with Crippen LogP contribution in [0.25, 0.3) is 0 Å². The van der Waals surface area contributed by atoms with Crippen molar-refractivity contribution in [1.29, 1.82) is 0 Å². The molecule has 0 unspecified atom stereocenters. The first-order chi connectivity index (χ1) is 12.3. The van der Waals surface area contributed by atoms with Gasteiger partial charge in [-0.15, -0.1) is 0 Å². The maximum absolute atomic E-state index is 12.7. The number of carboxylic acid groups (broad SMARTS) is 2. The molecular weight excluding hydrogens is 367 g/mol. The minimum atomic E-state index is -3.35. The molecular formula is C18H14NaO8. The first kappa shape index (κ1) is 22.5. The zero-order valence-electron chi connectivity index (χ0n) is 14.2. The molecule has 9 heteroatoms. The van der Waals surface area contributed by atoms with Gasteiger partial charge in [-0.25, -0.2) is 14.4 Å². The van der Waals surface area contributed by atoms with Crippen molar-refractivity contribution < 1.29 is 39.2 Å². The van der Waals surface area contributed by atoms with Crippen LogP contribution in [-0.2, 0) is 14.3 Å². The number of rotatable bonds is 7. The summed E-state index contributed by atoms with van der Waals surface area (Å²) in [6, 6.07) is 13.9. The molecule has 0 aliphatic heterocycles. The van der Waals surface area contributed by atoms with E-state index >= 15 is 0 Å². The summed E-state index contributed by atoms with van der Waals surface area (Å²) in [6.07, 6.45) is -2.82. The first-order valence-corrected chi connectivity index (χ1v) is 7.33. The van der Waals surface area contributed by atoms with E-state index in [4.69, 9.17) is 9.84 Å². The average molecular weight is 381 g/mol. The van der Waals surface area contributed by atoms with Gasteiger partial charge in [0.2, 0.25) is 11.9 Å². The largest absolute Gasteiger partial charge is 0.479 e. The summed E-state index contributed by atoms with van der Waals surface area (Å²) in [4.78, 5) is 48.1. The van der Waals surface area contributed by atoms with E-state index in [1.807, 2.05) is 0 Å². The van der Waals surface area contributed by atoms with Crippen molar-refractivity contribution in [3.8, 4) is 0 Å². The third-order valence-electron chi connectivity index (χ3n) is 3.57. The third-order valence-corrected chi connectivity index (χ3v) is 3.57. The van der Waals surface area contributed by atoms with Crippen LogP contribution in [0.15, 0.2) is 60.7 Å². The van der Waals surface area contributed by atoms with Crippen LogP contribution in [0.2, 0.25) is 0 Å². The van der Waals surface area contributed by atoms with E-state index in [0.29, 0.717) is 0 Å². The Hall–Kier alpha value is -2.52. The van der Waals surface area contributed by atoms with E-state index in [9.17, 15) is 29.4 Å². The quantitative estimate of drug-likeness (QED) is 0.275. The number of aliphatic hydroxyl groups excluding tert-OH is 1. The van der Waals surface area contributed by atoms with Crippen molar-refractivity contribution in [2.24, 2.45) is 0 Å². The Kier molecular flexibility index (Phi) is 7.86. The summed E-state index contributed by atoms with van der Waals surface area (Å²) in [5.41, 5.74) is -3.70.